The van der Waals surface area contributed by atoms with E-state index in [-0.39, 0.29) is 32.6 Å². The summed E-state index contributed by atoms with van der Waals surface area (Å²) < 4.78 is 32.8. The molecule has 0 aliphatic heterocycles. The molecule has 0 spiro atoms. The Balaban J connectivity index is 4.13. The zero-order valence-corrected chi connectivity index (χ0v) is 37.5. The molecule has 0 rings (SSSR count). The Labute approximate surface area is 349 Å². The minimum Gasteiger partial charge on any atom is -0.462 e. The van der Waals surface area contributed by atoms with Gasteiger partial charge < -0.3 is 20.1 Å². The van der Waals surface area contributed by atoms with Gasteiger partial charge in [0.15, 0.2) is 6.10 Å². The minimum atomic E-state index is -4.38. The predicted octanol–water partition coefficient (Wildman–Crippen LogP) is 13.5. The fourth-order valence-corrected chi connectivity index (χ4v) is 6.99. The number of ether oxygens (including phenoxy) is 2. The van der Waals surface area contributed by atoms with E-state index in [0.29, 0.717) is 6.42 Å². The summed E-state index contributed by atoms with van der Waals surface area (Å²) in [5, 5.41) is 0. The summed E-state index contributed by atoms with van der Waals surface area (Å²) in [4.78, 5) is 34.9. The number of phosphoric ester groups is 1. The molecule has 0 aliphatic carbocycles. The van der Waals surface area contributed by atoms with Gasteiger partial charge in [0.2, 0.25) is 0 Å². The molecule has 0 saturated heterocycles. The lowest BCUT2D eigenvalue weighted by molar-refractivity contribution is -0.161. The zero-order valence-electron chi connectivity index (χ0n) is 36.6. The number of hydrogen-bond donors (Lipinski definition) is 2. The number of phosphoric acid groups is 1. The van der Waals surface area contributed by atoms with Crippen molar-refractivity contribution in [3.8, 4) is 0 Å². The number of carbonyl (C=O) groups is 2. The number of rotatable bonds is 43. The number of esters is 2. The minimum absolute atomic E-state index is 0.0503. The van der Waals surface area contributed by atoms with Gasteiger partial charge in [-0.2, -0.15) is 0 Å². The average Bonchev–Trinajstić information content (AvgIpc) is 3.20. The Morgan fingerprint density at radius 3 is 1.33 bits per heavy atom. The lowest BCUT2D eigenvalue weighted by atomic mass is 10.1. The Kier molecular flexibility index (Phi) is 42.0. The van der Waals surface area contributed by atoms with Crippen molar-refractivity contribution in [3.05, 3.63) is 48.6 Å². The Hall–Kier alpha value is -2.03. The molecule has 10 heteroatoms. The SMILES string of the molecule is CCCCC/C=C/C/C=C/CCCCCCCCCCCC(=O)O[C@H](COC(=O)CCCCCCCCC/C=C/C/C=C/CCCCC)COP(=O)(O)OCCN. The molecule has 0 heterocycles. The van der Waals surface area contributed by atoms with Gasteiger partial charge in [-0.3, -0.25) is 18.6 Å². The van der Waals surface area contributed by atoms with E-state index >= 15 is 0 Å². The quantitative estimate of drug-likeness (QED) is 0.0267. The molecular formula is C47H86NO8P. The first-order chi connectivity index (χ1) is 27.8. The monoisotopic (exact) mass is 824 g/mol. The highest BCUT2D eigenvalue weighted by atomic mass is 31.2. The molecule has 0 bridgehead atoms. The lowest BCUT2D eigenvalue weighted by Gasteiger charge is -2.19. The largest absolute Gasteiger partial charge is 0.472 e. The van der Waals surface area contributed by atoms with Crippen LogP contribution in [0.1, 0.15) is 206 Å². The molecule has 0 aromatic carbocycles. The van der Waals surface area contributed by atoms with Crippen molar-refractivity contribution in [3.63, 3.8) is 0 Å². The van der Waals surface area contributed by atoms with Crippen molar-refractivity contribution in [2.75, 3.05) is 26.4 Å². The molecule has 1 unspecified atom stereocenters. The maximum Gasteiger partial charge on any atom is 0.472 e. The molecule has 0 amide bonds. The molecule has 0 radical (unpaired) electrons. The topological polar surface area (TPSA) is 134 Å². The van der Waals surface area contributed by atoms with E-state index in [4.69, 9.17) is 24.3 Å². The molecule has 0 aromatic rings. The fourth-order valence-electron chi connectivity index (χ4n) is 6.22. The van der Waals surface area contributed by atoms with Crippen LogP contribution in [-0.4, -0.2) is 49.3 Å². The number of nitrogens with two attached hydrogens (primary N) is 1. The summed E-state index contributed by atoms with van der Waals surface area (Å²) >= 11 is 0. The van der Waals surface area contributed by atoms with Gasteiger partial charge in [-0.25, -0.2) is 4.57 Å². The molecule has 9 nitrogen and oxygen atoms in total. The summed E-state index contributed by atoms with van der Waals surface area (Å²) in [5.74, 6) is -0.841. The van der Waals surface area contributed by atoms with Gasteiger partial charge in [0.25, 0.3) is 0 Å². The van der Waals surface area contributed by atoms with Crippen LogP contribution in [0.25, 0.3) is 0 Å². The summed E-state index contributed by atoms with van der Waals surface area (Å²) in [6, 6.07) is 0. The van der Waals surface area contributed by atoms with E-state index in [1.54, 1.807) is 0 Å². The van der Waals surface area contributed by atoms with Crippen LogP contribution in [0, 0.1) is 0 Å². The van der Waals surface area contributed by atoms with Crippen molar-refractivity contribution in [1.82, 2.24) is 0 Å². The van der Waals surface area contributed by atoms with Gasteiger partial charge in [0.1, 0.15) is 6.61 Å². The normalized spacial score (nSPS) is 13.7. The van der Waals surface area contributed by atoms with E-state index in [0.717, 1.165) is 70.6 Å². The standard InChI is InChI=1S/C47H86NO8P/c1-3-5-7-9-11-13-15-17-19-21-22-24-26-28-30-32-34-36-38-40-47(50)56-45(44-55-57(51,52)54-42-41-48)43-53-46(49)39-37-35-33-31-29-27-25-23-20-18-16-14-12-10-8-6-4-2/h11-14,17-20,45H,3-10,15-16,21-44,48H2,1-2H3,(H,51,52)/b13-11+,14-12+,19-17+,20-18+/t45-/m1/s1. The van der Waals surface area contributed by atoms with Crippen LogP contribution >= 0.6 is 7.82 Å². The summed E-state index contributed by atoms with van der Waals surface area (Å²) in [7, 11) is -4.38. The van der Waals surface area contributed by atoms with Crippen molar-refractivity contribution in [2.45, 2.75) is 213 Å². The lowest BCUT2D eigenvalue weighted by Crippen LogP contribution is -2.29. The smallest absolute Gasteiger partial charge is 0.462 e. The summed E-state index contributed by atoms with van der Waals surface area (Å²) in [6.45, 7) is 3.68. The summed E-state index contributed by atoms with van der Waals surface area (Å²) in [6.07, 6.45) is 49.9. The molecule has 332 valence electrons. The zero-order chi connectivity index (χ0) is 41.8. The molecule has 0 aliphatic rings. The predicted molar refractivity (Wildman–Crippen MR) is 238 cm³/mol. The van der Waals surface area contributed by atoms with Crippen LogP contribution in [0.2, 0.25) is 0 Å². The Morgan fingerprint density at radius 2 is 0.912 bits per heavy atom. The van der Waals surface area contributed by atoms with Gasteiger partial charge in [-0.05, 0) is 77.0 Å². The van der Waals surface area contributed by atoms with Crippen molar-refractivity contribution < 1.29 is 37.6 Å². The number of allylic oxidation sites excluding steroid dienone is 8. The van der Waals surface area contributed by atoms with Crippen molar-refractivity contribution >= 4 is 19.8 Å². The number of hydrogen-bond acceptors (Lipinski definition) is 8. The van der Waals surface area contributed by atoms with Crippen LogP contribution in [0.5, 0.6) is 0 Å². The highest BCUT2D eigenvalue weighted by Crippen LogP contribution is 2.43. The first kappa shape index (κ1) is 55.0. The van der Waals surface area contributed by atoms with Gasteiger partial charge in [0, 0.05) is 19.4 Å². The van der Waals surface area contributed by atoms with Crippen molar-refractivity contribution in [1.29, 1.82) is 0 Å². The Bertz CT molecular complexity index is 1080. The maximum absolute atomic E-state index is 12.6. The third-order valence-corrected chi connectivity index (χ3v) is 10.7. The van der Waals surface area contributed by atoms with Gasteiger partial charge in [-0.15, -0.1) is 0 Å². The third-order valence-electron chi connectivity index (χ3n) is 9.69. The van der Waals surface area contributed by atoms with Crippen LogP contribution in [0.4, 0.5) is 0 Å². The maximum atomic E-state index is 12.6. The van der Waals surface area contributed by atoms with Crippen molar-refractivity contribution in [2.24, 2.45) is 5.73 Å². The highest BCUT2D eigenvalue weighted by molar-refractivity contribution is 7.47. The second kappa shape index (κ2) is 43.5. The van der Waals surface area contributed by atoms with Gasteiger partial charge in [-0.1, -0.05) is 165 Å². The van der Waals surface area contributed by atoms with E-state index in [2.05, 4.69) is 62.5 Å². The molecule has 0 saturated carbocycles. The second-order valence-corrected chi connectivity index (χ2v) is 16.7. The van der Waals surface area contributed by atoms with E-state index < -0.39 is 32.5 Å². The number of unbranched alkanes of at least 4 members (excludes halogenated alkanes) is 22. The Morgan fingerprint density at radius 1 is 0.526 bits per heavy atom. The van der Waals surface area contributed by atoms with Crippen LogP contribution in [0.15, 0.2) is 48.6 Å². The fraction of sp³-hybridized carbons (Fsp3) is 0.787. The second-order valence-electron chi connectivity index (χ2n) is 15.3. The number of carbonyl (C=O) groups excluding carboxylic acids is 2. The van der Waals surface area contributed by atoms with E-state index in [1.165, 1.54) is 103 Å². The van der Waals surface area contributed by atoms with Crippen LogP contribution in [0.3, 0.4) is 0 Å². The molecule has 3 N–H and O–H groups in total. The van der Waals surface area contributed by atoms with Crippen LogP contribution in [-0.2, 0) is 32.7 Å². The molecular weight excluding hydrogens is 737 g/mol. The molecule has 2 atom stereocenters. The third kappa shape index (κ3) is 43.4. The van der Waals surface area contributed by atoms with Gasteiger partial charge >= 0.3 is 19.8 Å². The van der Waals surface area contributed by atoms with E-state index in [9.17, 15) is 19.0 Å². The molecule has 57 heavy (non-hydrogen) atoms. The molecule has 0 aromatic heterocycles. The van der Waals surface area contributed by atoms with E-state index in [1.807, 2.05) is 0 Å². The first-order valence-electron chi connectivity index (χ1n) is 23.1. The molecule has 0 fully saturated rings. The van der Waals surface area contributed by atoms with Crippen LogP contribution < -0.4 is 5.73 Å². The average molecular weight is 824 g/mol. The first-order valence-corrected chi connectivity index (χ1v) is 24.6. The highest BCUT2D eigenvalue weighted by Gasteiger charge is 2.26. The summed E-state index contributed by atoms with van der Waals surface area (Å²) in [5.41, 5.74) is 5.35. The van der Waals surface area contributed by atoms with Gasteiger partial charge in [0.05, 0.1) is 13.2 Å².